The van der Waals surface area contributed by atoms with Gasteiger partial charge in [0, 0.05) is 18.8 Å². The summed E-state index contributed by atoms with van der Waals surface area (Å²) in [4.78, 5) is 2.63. The van der Waals surface area contributed by atoms with Crippen LogP contribution in [0.2, 0.25) is 0 Å². The van der Waals surface area contributed by atoms with Crippen LogP contribution in [0, 0.1) is 11.8 Å². The lowest BCUT2D eigenvalue weighted by Crippen LogP contribution is -2.57. The van der Waals surface area contributed by atoms with Gasteiger partial charge in [0.05, 0.1) is 5.54 Å². The van der Waals surface area contributed by atoms with Gasteiger partial charge in [-0.25, -0.2) is 0 Å². The molecule has 1 aliphatic carbocycles. The summed E-state index contributed by atoms with van der Waals surface area (Å²) in [7, 11) is 0. The van der Waals surface area contributed by atoms with Crippen molar-refractivity contribution in [2.24, 2.45) is 17.6 Å². The van der Waals surface area contributed by atoms with Crippen LogP contribution in [-0.4, -0.2) is 18.6 Å². The number of benzene rings is 1. The summed E-state index contributed by atoms with van der Waals surface area (Å²) in [5.41, 5.74) is 9.40. The summed E-state index contributed by atoms with van der Waals surface area (Å²) >= 11 is 0. The number of nitrogens with zero attached hydrogens (tertiary/aromatic N) is 1. The molecule has 0 amide bonds. The summed E-state index contributed by atoms with van der Waals surface area (Å²) in [6.07, 6.45) is 5.04. The Kier molecular flexibility index (Phi) is 3.30. The Balaban J connectivity index is 1.95. The molecule has 104 valence electrons. The molecule has 2 unspecified atom stereocenters. The normalized spacial score (nSPS) is 34.4. The predicted octanol–water partition coefficient (Wildman–Crippen LogP) is 3.20. The molecule has 0 radical (unpaired) electrons. The van der Waals surface area contributed by atoms with E-state index < -0.39 is 0 Å². The minimum Gasteiger partial charge on any atom is -0.364 e. The highest BCUT2D eigenvalue weighted by Gasteiger charge is 2.43. The van der Waals surface area contributed by atoms with Crippen molar-refractivity contribution in [2.45, 2.75) is 45.1 Å². The van der Waals surface area contributed by atoms with Gasteiger partial charge in [0.1, 0.15) is 0 Å². The zero-order valence-electron chi connectivity index (χ0n) is 12.2. The summed E-state index contributed by atoms with van der Waals surface area (Å²) in [5, 5.41) is 0. The summed E-state index contributed by atoms with van der Waals surface area (Å²) in [6, 6.07) is 8.87. The molecule has 19 heavy (non-hydrogen) atoms. The zero-order chi connectivity index (χ0) is 13.5. The SMILES string of the molecule is CC1CC(C)CC(CN)(N2CCc3ccccc32)C1. The van der Waals surface area contributed by atoms with Gasteiger partial charge in [-0.05, 0) is 49.1 Å². The van der Waals surface area contributed by atoms with E-state index in [0.29, 0.717) is 0 Å². The van der Waals surface area contributed by atoms with Gasteiger partial charge < -0.3 is 10.6 Å². The Bertz CT molecular complexity index is 444. The second-order valence-corrected chi connectivity index (χ2v) is 6.81. The zero-order valence-corrected chi connectivity index (χ0v) is 12.2. The summed E-state index contributed by atoms with van der Waals surface area (Å²) in [6.45, 7) is 6.72. The van der Waals surface area contributed by atoms with E-state index in [1.165, 1.54) is 36.9 Å². The van der Waals surface area contributed by atoms with Crippen molar-refractivity contribution in [1.29, 1.82) is 0 Å². The molecule has 0 saturated heterocycles. The summed E-state index contributed by atoms with van der Waals surface area (Å²) in [5.74, 6) is 1.58. The fraction of sp³-hybridized carbons (Fsp3) is 0.647. The molecule has 0 bridgehead atoms. The molecule has 1 heterocycles. The maximum atomic E-state index is 6.26. The molecule has 1 aromatic carbocycles. The van der Waals surface area contributed by atoms with E-state index in [0.717, 1.165) is 24.9 Å². The van der Waals surface area contributed by atoms with Crippen molar-refractivity contribution >= 4 is 5.69 Å². The number of rotatable bonds is 2. The minimum atomic E-state index is 0.198. The van der Waals surface area contributed by atoms with Crippen molar-refractivity contribution in [3.63, 3.8) is 0 Å². The Morgan fingerprint density at radius 1 is 1.21 bits per heavy atom. The third-order valence-corrected chi connectivity index (χ3v) is 5.10. The number of anilines is 1. The van der Waals surface area contributed by atoms with Crippen molar-refractivity contribution in [1.82, 2.24) is 0 Å². The lowest BCUT2D eigenvalue weighted by atomic mass is 9.70. The third-order valence-electron chi connectivity index (χ3n) is 5.10. The molecule has 2 N–H and O–H groups in total. The molecule has 3 rings (SSSR count). The Morgan fingerprint density at radius 2 is 1.89 bits per heavy atom. The molecule has 2 nitrogen and oxygen atoms in total. The fourth-order valence-corrected chi connectivity index (χ4v) is 4.56. The number of nitrogens with two attached hydrogens (primary N) is 1. The van der Waals surface area contributed by atoms with Gasteiger partial charge in [-0.3, -0.25) is 0 Å². The average Bonchev–Trinajstić information content (AvgIpc) is 2.81. The van der Waals surface area contributed by atoms with Gasteiger partial charge in [-0.15, -0.1) is 0 Å². The molecule has 1 aliphatic heterocycles. The topological polar surface area (TPSA) is 29.3 Å². The lowest BCUT2D eigenvalue weighted by molar-refractivity contribution is 0.179. The van der Waals surface area contributed by atoms with Crippen LogP contribution in [-0.2, 0) is 6.42 Å². The predicted molar refractivity (Wildman–Crippen MR) is 81.5 cm³/mol. The molecule has 1 aromatic rings. The second kappa shape index (κ2) is 4.82. The molecular formula is C17H26N2. The van der Waals surface area contributed by atoms with E-state index in [1.807, 2.05) is 0 Å². The van der Waals surface area contributed by atoms with Crippen LogP contribution < -0.4 is 10.6 Å². The highest BCUT2D eigenvalue weighted by atomic mass is 15.2. The smallest absolute Gasteiger partial charge is 0.0529 e. The number of fused-ring (bicyclic) bond motifs is 1. The maximum Gasteiger partial charge on any atom is 0.0529 e. The van der Waals surface area contributed by atoms with Gasteiger partial charge in [0.2, 0.25) is 0 Å². The summed E-state index contributed by atoms with van der Waals surface area (Å²) < 4.78 is 0. The van der Waals surface area contributed by atoms with Crippen LogP contribution in [0.3, 0.4) is 0 Å². The highest BCUT2D eigenvalue weighted by Crippen LogP contribution is 2.44. The molecule has 2 aliphatic rings. The number of hydrogen-bond acceptors (Lipinski definition) is 2. The molecule has 2 atom stereocenters. The van der Waals surface area contributed by atoms with Gasteiger partial charge in [-0.2, -0.15) is 0 Å². The first-order valence-electron chi connectivity index (χ1n) is 7.70. The number of para-hydroxylation sites is 1. The monoisotopic (exact) mass is 258 g/mol. The number of hydrogen-bond donors (Lipinski definition) is 1. The fourth-order valence-electron chi connectivity index (χ4n) is 4.56. The van der Waals surface area contributed by atoms with Gasteiger partial charge in [-0.1, -0.05) is 32.0 Å². The average molecular weight is 258 g/mol. The molecule has 0 aromatic heterocycles. The van der Waals surface area contributed by atoms with Crippen LogP contribution >= 0.6 is 0 Å². The highest BCUT2D eigenvalue weighted by molar-refractivity contribution is 5.60. The van der Waals surface area contributed by atoms with Crippen LogP contribution in [0.1, 0.15) is 38.7 Å². The molecule has 1 saturated carbocycles. The van der Waals surface area contributed by atoms with Gasteiger partial charge in [0.15, 0.2) is 0 Å². The first-order valence-corrected chi connectivity index (χ1v) is 7.70. The largest absolute Gasteiger partial charge is 0.364 e. The van der Waals surface area contributed by atoms with E-state index in [-0.39, 0.29) is 5.54 Å². The van der Waals surface area contributed by atoms with Crippen LogP contribution in [0.5, 0.6) is 0 Å². The van der Waals surface area contributed by atoms with Crippen molar-refractivity contribution < 1.29 is 0 Å². The molecule has 1 fully saturated rings. The molecule has 0 spiro atoms. The first-order chi connectivity index (χ1) is 9.14. The van der Waals surface area contributed by atoms with E-state index in [4.69, 9.17) is 5.73 Å². The van der Waals surface area contributed by atoms with E-state index in [9.17, 15) is 0 Å². The van der Waals surface area contributed by atoms with Gasteiger partial charge in [0.25, 0.3) is 0 Å². The molecule has 2 heteroatoms. The third kappa shape index (κ3) is 2.16. The Hall–Kier alpha value is -1.02. The van der Waals surface area contributed by atoms with Crippen LogP contribution in [0.4, 0.5) is 5.69 Å². The maximum absolute atomic E-state index is 6.26. The lowest BCUT2D eigenvalue weighted by Gasteiger charge is -2.49. The van der Waals surface area contributed by atoms with E-state index in [2.05, 4.69) is 43.0 Å². The Morgan fingerprint density at radius 3 is 2.58 bits per heavy atom. The van der Waals surface area contributed by atoms with E-state index in [1.54, 1.807) is 0 Å². The minimum absolute atomic E-state index is 0.198. The van der Waals surface area contributed by atoms with Crippen molar-refractivity contribution in [3.05, 3.63) is 29.8 Å². The van der Waals surface area contributed by atoms with Crippen LogP contribution in [0.25, 0.3) is 0 Å². The standard InChI is InChI=1S/C17H26N2/c1-13-9-14(2)11-17(10-13,12-18)19-8-7-15-5-3-4-6-16(15)19/h3-6,13-14H,7-12,18H2,1-2H3. The molecular weight excluding hydrogens is 232 g/mol. The van der Waals surface area contributed by atoms with E-state index >= 15 is 0 Å². The second-order valence-electron chi connectivity index (χ2n) is 6.81. The van der Waals surface area contributed by atoms with Crippen molar-refractivity contribution in [2.75, 3.05) is 18.0 Å². The quantitative estimate of drug-likeness (QED) is 0.882. The van der Waals surface area contributed by atoms with Gasteiger partial charge >= 0.3 is 0 Å². The first kappa shape index (κ1) is 13.0. The van der Waals surface area contributed by atoms with Crippen molar-refractivity contribution in [3.8, 4) is 0 Å². The Labute approximate surface area is 117 Å². The van der Waals surface area contributed by atoms with Crippen LogP contribution in [0.15, 0.2) is 24.3 Å².